The number of halogens is 1. The second kappa shape index (κ2) is 7.57. The maximum Gasteiger partial charge on any atom is 0.0410 e. The fraction of sp³-hybridized carbons (Fsp3) is 0.571. The number of benzene rings is 1. The van der Waals surface area contributed by atoms with Crippen LogP contribution < -0.4 is 10.2 Å². The van der Waals surface area contributed by atoms with Crippen LogP contribution in [0.3, 0.4) is 0 Å². The van der Waals surface area contributed by atoms with Crippen LogP contribution in [0.2, 0.25) is 5.02 Å². The third-order valence-corrected chi connectivity index (χ3v) is 3.10. The molecule has 0 aliphatic heterocycles. The highest BCUT2D eigenvalue weighted by Gasteiger charge is 2.07. The van der Waals surface area contributed by atoms with Crippen LogP contribution in [0.1, 0.15) is 32.3 Å². The average Bonchev–Trinajstić information content (AvgIpc) is 2.33. The van der Waals surface area contributed by atoms with E-state index in [1.165, 1.54) is 24.1 Å². The van der Waals surface area contributed by atoms with Crippen LogP contribution in [-0.4, -0.2) is 20.1 Å². The molecule has 0 heterocycles. The van der Waals surface area contributed by atoms with Gasteiger partial charge < -0.3 is 10.2 Å². The molecular formula is C14H23ClN2. The highest BCUT2D eigenvalue weighted by atomic mass is 35.5. The molecule has 1 N–H and O–H groups in total. The number of unbranched alkanes of at least 4 members (excludes halogenated alkanes) is 1. The number of hydrogen-bond donors (Lipinski definition) is 1. The van der Waals surface area contributed by atoms with E-state index in [4.69, 9.17) is 11.6 Å². The van der Waals surface area contributed by atoms with Crippen LogP contribution >= 0.6 is 11.6 Å². The van der Waals surface area contributed by atoms with E-state index in [1.807, 2.05) is 6.07 Å². The van der Waals surface area contributed by atoms with Crippen LogP contribution in [0.15, 0.2) is 18.2 Å². The summed E-state index contributed by atoms with van der Waals surface area (Å²) in [4.78, 5) is 2.31. The molecule has 0 fully saturated rings. The van der Waals surface area contributed by atoms with Crippen molar-refractivity contribution in [2.24, 2.45) is 0 Å². The molecule has 17 heavy (non-hydrogen) atoms. The largest absolute Gasteiger partial charge is 0.374 e. The second-order valence-electron chi connectivity index (χ2n) is 4.33. The summed E-state index contributed by atoms with van der Waals surface area (Å²) >= 11 is 6.06. The lowest BCUT2D eigenvalue weighted by Gasteiger charge is -2.22. The molecule has 0 aliphatic carbocycles. The molecule has 2 nitrogen and oxygen atoms in total. The molecule has 0 aromatic heterocycles. The van der Waals surface area contributed by atoms with E-state index in [9.17, 15) is 0 Å². The molecule has 3 heteroatoms. The third kappa shape index (κ3) is 4.57. The normalized spacial score (nSPS) is 10.6. The first kappa shape index (κ1) is 14.3. The molecule has 0 spiro atoms. The number of nitrogens with one attached hydrogen (secondary N) is 1. The minimum absolute atomic E-state index is 0.811. The summed E-state index contributed by atoms with van der Waals surface area (Å²) in [5, 5.41) is 4.17. The number of rotatable bonds is 7. The number of anilines is 1. The van der Waals surface area contributed by atoms with Crippen molar-refractivity contribution in [3.8, 4) is 0 Å². The molecule has 0 bridgehead atoms. The molecule has 0 atom stereocenters. The van der Waals surface area contributed by atoms with Gasteiger partial charge in [0.1, 0.15) is 0 Å². The molecule has 96 valence electrons. The average molecular weight is 255 g/mol. The van der Waals surface area contributed by atoms with Crippen LogP contribution in [0.4, 0.5) is 5.69 Å². The SMILES string of the molecule is CCCCN(C)c1ccc(Cl)cc1CNCC. The maximum absolute atomic E-state index is 6.06. The Kier molecular flexibility index (Phi) is 6.38. The Bertz CT molecular complexity index is 339. The van der Waals surface area contributed by atoms with Gasteiger partial charge in [-0.2, -0.15) is 0 Å². The number of nitrogens with zero attached hydrogens (tertiary/aromatic N) is 1. The fourth-order valence-electron chi connectivity index (χ4n) is 1.84. The first-order valence-corrected chi connectivity index (χ1v) is 6.77. The topological polar surface area (TPSA) is 15.3 Å². The van der Waals surface area contributed by atoms with Gasteiger partial charge in [-0.3, -0.25) is 0 Å². The van der Waals surface area contributed by atoms with Gasteiger partial charge >= 0.3 is 0 Å². The van der Waals surface area contributed by atoms with Crippen molar-refractivity contribution < 1.29 is 0 Å². The molecule has 0 radical (unpaired) electrons. The van der Waals surface area contributed by atoms with Gasteiger partial charge in [-0.1, -0.05) is 31.9 Å². The molecule has 0 saturated heterocycles. The van der Waals surface area contributed by atoms with Gasteiger partial charge in [0.15, 0.2) is 0 Å². The Hall–Kier alpha value is -0.730. The van der Waals surface area contributed by atoms with Crippen LogP contribution in [0, 0.1) is 0 Å². The van der Waals surface area contributed by atoms with Crippen LogP contribution in [-0.2, 0) is 6.54 Å². The van der Waals surface area contributed by atoms with Gasteiger partial charge in [-0.25, -0.2) is 0 Å². The first-order valence-electron chi connectivity index (χ1n) is 6.39. The summed E-state index contributed by atoms with van der Waals surface area (Å²) < 4.78 is 0. The summed E-state index contributed by atoms with van der Waals surface area (Å²) in [5.74, 6) is 0. The highest BCUT2D eigenvalue weighted by Crippen LogP contribution is 2.23. The van der Waals surface area contributed by atoms with Gasteiger partial charge in [0.05, 0.1) is 0 Å². The zero-order valence-corrected chi connectivity index (χ0v) is 11.8. The van der Waals surface area contributed by atoms with Gasteiger partial charge in [0, 0.05) is 30.8 Å². The van der Waals surface area contributed by atoms with Crippen molar-refractivity contribution in [1.29, 1.82) is 0 Å². The lowest BCUT2D eigenvalue weighted by Crippen LogP contribution is -2.22. The van der Waals surface area contributed by atoms with Gasteiger partial charge in [0.25, 0.3) is 0 Å². The molecule has 0 amide bonds. The van der Waals surface area contributed by atoms with Gasteiger partial charge in [-0.05, 0) is 36.7 Å². The zero-order valence-electron chi connectivity index (χ0n) is 11.1. The summed E-state index contributed by atoms with van der Waals surface area (Å²) in [7, 11) is 2.15. The smallest absolute Gasteiger partial charge is 0.0410 e. The highest BCUT2D eigenvalue weighted by molar-refractivity contribution is 6.30. The summed E-state index contributed by atoms with van der Waals surface area (Å²) in [6, 6.07) is 6.14. The Labute approximate surface area is 110 Å². The Morgan fingerprint density at radius 2 is 2.06 bits per heavy atom. The van der Waals surface area contributed by atoms with Crippen molar-refractivity contribution in [3.63, 3.8) is 0 Å². The van der Waals surface area contributed by atoms with Crippen LogP contribution in [0.5, 0.6) is 0 Å². The van der Waals surface area contributed by atoms with Crippen molar-refractivity contribution >= 4 is 17.3 Å². The lowest BCUT2D eigenvalue weighted by molar-refractivity contribution is 0.717. The van der Waals surface area contributed by atoms with E-state index < -0.39 is 0 Å². The second-order valence-corrected chi connectivity index (χ2v) is 4.76. The lowest BCUT2D eigenvalue weighted by atomic mass is 10.1. The molecule has 0 aliphatic rings. The summed E-state index contributed by atoms with van der Waals surface area (Å²) in [6.45, 7) is 7.28. The Morgan fingerprint density at radius 3 is 2.71 bits per heavy atom. The van der Waals surface area contributed by atoms with Crippen molar-refractivity contribution in [2.45, 2.75) is 33.2 Å². The van der Waals surface area contributed by atoms with Gasteiger partial charge in [0.2, 0.25) is 0 Å². The monoisotopic (exact) mass is 254 g/mol. The predicted octanol–water partition coefficient (Wildman–Crippen LogP) is 3.69. The van der Waals surface area contributed by atoms with E-state index in [1.54, 1.807) is 0 Å². The number of hydrogen-bond acceptors (Lipinski definition) is 2. The molecular weight excluding hydrogens is 232 g/mol. The summed E-state index contributed by atoms with van der Waals surface area (Å²) in [6.07, 6.45) is 2.44. The van der Waals surface area contributed by atoms with Crippen LogP contribution in [0.25, 0.3) is 0 Å². The summed E-state index contributed by atoms with van der Waals surface area (Å²) in [5.41, 5.74) is 2.56. The Morgan fingerprint density at radius 1 is 1.29 bits per heavy atom. The Balaban J connectivity index is 2.80. The minimum Gasteiger partial charge on any atom is -0.374 e. The van der Waals surface area contributed by atoms with Crippen molar-refractivity contribution in [1.82, 2.24) is 5.32 Å². The van der Waals surface area contributed by atoms with Crippen molar-refractivity contribution in [3.05, 3.63) is 28.8 Å². The molecule has 1 rings (SSSR count). The zero-order chi connectivity index (χ0) is 12.7. The van der Waals surface area contributed by atoms with E-state index in [-0.39, 0.29) is 0 Å². The molecule has 1 aromatic carbocycles. The van der Waals surface area contributed by atoms with Crippen molar-refractivity contribution in [2.75, 3.05) is 25.0 Å². The fourth-order valence-corrected chi connectivity index (χ4v) is 2.04. The quantitative estimate of drug-likeness (QED) is 0.799. The van der Waals surface area contributed by atoms with E-state index in [0.29, 0.717) is 0 Å². The molecule has 0 saturated carbocycles. The minimum atomic E-state index is 0.811. The van der Waals surface area contributed by atoms with Gasteiger partial charge in [-0.15, -0.1) is 0 Å². The standard InChI is InChI=1S/C14H23ClN2/c1-4-6-9-17(3)14-8-7-13(15)10-12(14)11-16-5-2/h7-8,10,16H,4-6,9,11H2,1-3H3. The molecule has 1 aromatic rings. The molecule has 0 unspecified atom stereocenters. The van der Waals surface area contributed by atoms with E-state index in [2.05, 4.69) is 43.2 Å². The van der Waals surface area contributed by atoms with E-state index in [0.717, 1.165) is 24.7 Å². The van der Waals surface area contributed by atoms with E-state index >= 15 is 0 Å². The predicted molar refractivity (Wildman–Crippen MR) is 77.0 cm³/mol. The maximum atomic E-state index is 6.06. The third-order valence-electron chi connectivity index (χ3n) is 2.87. The first-order chi connectivity index (χ1) is 8.19.